The van der Waals surface area contributed by atoms with E-state index < -0.39 is 11.4 Å². The molecule has 0 aliphatic heterocycles. The van der Waals surface area contributed by atoms with E-state index in [1.54, 1.807) is 12.1 Å². The minimum atomic E-state index is -1.05. The van der Waals surface area contributed by atoms with Gasteiger partial charge in [0.15, 0.2) is 0 Å². The molecule has 1 saturated carbocycles. The standard InChI is InChI=1S/C25H34O5/c1-3-4-6-15-21(30-23(27)20-13-7-5-8-14-20)16-9-11-18-25(24(28)29-2)19-12-10-17-22(25)26/h5,7-9,11,13-14,21H,3-4,6,10,12,15-19H2,1-2H3/b11-9+. The number of ketones is 1. The molecule has 2 rings (SSSR count). The third-order valence-corrected chi connectivity index (χ3v) is 5.81. The van der Waals surface area contributed by atoms with Crippen molar-refractivity contribution in [2.24, 2.45) is 5.41 Å². The molecule has 5 heteroatoms. The molecule has 2 atom stereocenters. The van der Waals surface area contributed by atoms with Crippen LogP contribution >= 0.6 is 0 Å². The first-order valence-corrected chi connectivity index (χ1v) is 11.1. The fourth-order valence-corrected chi connectivity index (χ4v) is 3.97. The second-order valence-corrected chi connectivity index (χ2v) is 8.00. The lowest BCUT2D eigenvalue weighted by Gasteiger charge is -2.32. The van der Waals surface area contributed by atoms with E-state index in [0.717, 1.165) is 38.5 Å². The van der Waals surface area contributed by atoms with Gasteiger partial charge in [0, 0.05) is 12.8 Å². The first-order valence-electron chi connectivity index (χ1n) is 11.1. The summed E-state index contributed by atoms with van der Waals surface area (Å²) in [4.78, 5) is 37.3. The van der Waals surface area contributed by atoms with Gasteiger partial charge in [0.2, 0.25) is 0 Å². The minimum absolute atomic E-state index is 0.0275. The summed E-state index contributed by atoms with van der Waals surface area (Å²) in [5.74, 6) is -0.786. The lowest BCUT2D eigenvalue weighted by atomic mass is 9.70. The molecule has 5 nitrogen and oxygen atoms in total. The molecule has 0 bridgehead atoms. The highest BCUT2D eigenvalue weighted by molar-refractivity contribution is 6.04. The van der Waals surface area contributed by atoms with Crippen LogP contribution in [-0.4, -0.2) is 30.9 Å². The van der Waals surface area contributed by atoms with Crippen LogP contribution in [0.25, 0.3) is 0 Å². The summed E-state index contributed by atoms with van der Waals surface area (Å²) < 4.78 is 10.7. The van der Waals surface area contributed by atoms with Gasteiger partial charge in [0.25, 0.3) is 0 Å². The van der Waals surface area contributed by atoms with E-state index in [4.69, 9.17) is 9.47 Å². The molecule has 0 spiro atoms. The Balaban J connectivity index is 2.00. The molecule has 30 heavy (non-hydrogen) atoms. The highest BCUT2D eigenvalue weighted by Gasteiger charge is 2.46. The van der Waals surface area contributed by atoms with Gasteiger partial charge in [0.05, 0.1) is 12.7 Å². The molecular formula is C25H34O5. The van der Waals surface area contributed by atoms with Crippen molar-refractivity contribution in [3.8, 4) is 0 Å². The van der Waals surface area contributed by atoms with Gasteiger partial charge in [-0.1, -0.05) is 56.5 Å². The van der Waals surface area contributed by atoms with Crippen LogP contribution in [0.3, 0.4) is 0 Å². The maximum absolute atomic E-state index is 12.5. The van der Waals surface area contributed by atoms with Crippen LogP contribution in [0.15, 0.2) is 42.5 Å². The number of ether oxygens (including phenoxy) is 2. The van der Waals surface area contributed by atoms with E-state index in [1.807, 2.05) is 30.4 Å². The zero-order valence-corrected chi connectivity index (χ0v) is 18.2. The quantitative estimate of drug-likeness (QED) is 0.209. The summed E-state index contributed by atoms with van der Waals surface area (Å²) >= 11 is 0. The normalized spacial score (nSPS) is 20.1. The molecule has 0 heterocycles. The lowest BCUT2D eigenvalue weighted by molar-refractivity contribution is -0.160. The average molecular weight is 415 g/mol. The van der Waals surface area contributed by atoms with Crippen molar-refractivity contribution < 1.29 is 23.9 Å². The molecular weight excluding hydrogens is 380 g/mol. The Morgan fingerprint density at radius 2 is 1.90 bits per heavy atom. The van der Waals surface area contributed by atoms with Crippen LogP contribution in [0, 0.1) is 5.41 Å². The molecule has 164 valence electrons. The number of carbonyl (C=O) groups is 3. The predicted molar refractivity (Wildman–Crippen MR) is 116 cm³/mol. The molecule has 0 aromatic heterocycles. The Morgan fingerprint density at radius 1 is 1.13 bits per heavy atom. The average Bonchev–Trinajstić information content (AvgIpc) is 2.77. The summed E-state index contributed by atoms with van der Waals surface area (Å²) in [7, 11) is 1.34. The van der Waals surface area contributed by atoms with Gasteiger partial charge < -0.3 is 9.47 Å². The number of benzene rings is 1. The molecule has 0 amide bonds. The summed E-state index contributed by atoms with van der Waals surface area (Å²) in [6, 6.07) is 8.99. The van der Waals surface area contributed by atoms with Crippen molar-refractivity contribution >= 4 is 17.7 Å². The number of hydrogen-bond donors (Lipinski definition) is 0. The third kappa shape index (κ3) is 6.54. The van der Waals surface area contributed by atoms with Crippen molar-refractivity contribution in [2.45, 2.75) is 77.2 Å². The van der Waals surface area contributed by atoms with Crippen LogP contribution in [0.2, 0.25) is 0 Å². The van der Waals surface area contributed by atoms with Gasteiger partial charge >= 0.3 is 11.9 Å². The Labute approximate surface area is 179 Å². The molecule has 1 aromatic carbocycles. The number of unbranched alkanes of at least 4 members (excludes halogenated alkanes) is 2. The number of Topliss-reactive ketones (excluding diaryl/α,β-unsaturated/α-hetero) is 1. The van der Waals surface area contributed by atoms with Crippen molar-refractivity contribution in [3.05, 3.63) is 48.0 Å². The first kappa shape index (κ1) is 23.8. The van der Waals surface area contributed by atoms with E-state index in [0.29, 0.717) is 31.2 Å². The van der Waals surface area contributed by atoms with Gasteiger partial charge in [-0.3, -0.25) is 9.59 Å². The highest BCUT2D eigenvalue weighted by atomic mass is 16.5. The van der Waals surface area contributed by atoms with Crippen LogP contribution < -0.4 is 0 Å². The van der Waals surface area contributed by atoms with Crippen molar-refractivity contribution in [2.75, 3.05) is 7.11 Å². The third-order valence-electron chi connectivity index (χ3n) is 5.81. The first-order chi connectivity index (χ1) is 14.5. The SMILES string of the molecule is CCCCCC(C/C=C/CC1(C(=O)OC)CCCCC1=O)OC(=O)c1ccccc1. The van der Waals surface area contributed by atoms with Crippen molar-refractivity contribution in [1.29, 1.82) is 0 Å². The van der Waals surface area contributed by atoms with Crippen LogP contribution in [0.4, 0.5) is 0 Å². The Kier molecular flexibility index (Phi) is 9.78. The maximum Gasteiger partial charge on any atom is 0.338 e. The predicted octanol–water partition coefficient (Wildman–Crippen LogP) is 5.43. The van der Waals surface area contributed by atoms with Crippen LogP contribution in [0.1, 0.15) is 81.5 Å². The van der Waals surface area contributed by atoms with Gasteiger partial charge in [0.1, 0.15) is 17.3 Å². The van der Waals surface area contributed by atoms with Gasteiger partial charge in [-0.2, -0.15) is 0 Å². The van der Waals surface area contributed by atoms with Gasteiger partial charge in [-0.15, -0.1) is 0 Å². The molecule has 1 fully saturated rings. The van der Waals surface area contributed by atoms with E-state index in [-0.39, 0.29) is 17.9 Å². The van der Waals surface area contributed by atoms with E-state index in [1.165, 1.54) is 7.11 Å². The molecule has 2 unspecified atom stereocenters. The molecule has 1 aromatic rings. The zero-order chi connectivity index (χ0) is 21.8. The highest BCUT2D eigenvalue weighted by Crippen LogP contribution is 2.38. The monoisotopic (exact) mass is 414 g/mol. The van der Waals surface area contributed by atoms with Crippen molar-refractivity contribution in [1.82, 2.24) is 0 Å². The zero-order valence-electron chi connectivity index (χ0n) is 18.2. The Bertz CT molecular complexity index is 714. The number of esters is 2. The fourth-order valence-electron chi connectivity index (χ4n) is 3.97. The lowest BCUT2D eigenvalue weighted by Crippen LogP contribution is -2.42. The number of carbonyl (C=O) groups excluding carboxylic acids is 3. The molecule has 0 N–H and O–H groups in total. The topological polar surface area (TPSA) is 69.7 Å². The summed E-state index contributed by atoms with van der Waals surface area (Å²) in [6.07, 6.45) is 11.1. The minimum Gasteiger partial charge on any atom is -0.468 e. The van der Waals surface area contributed by atoms with Gasteiger partial charge in [-0.05, 0) is 44.2 Å². The van der Waals surface area contributed by atoms with E-state index >= 15 is 0 Å². The second-order valence-electron chi connectivity index (χ2n) is 8.00. The fraction of sp³-hybridized carbons (Fsp3) is 0.560. The van der Waals surface area contributed by atoms with Crippen LogP contribution in [0.5, 0.6) is 0 Å². The summed E-state index contributed by atoms with van der Waals surface area (Å²) in [5.41, 5.74) is -0.513. The summed E-state index contributed by atoms with van der Waals surface area (Å²) in [6.45, 7) is 2.14. The number of hydrogen-bond acceptors (Lipinski definition) is 5. The molecule has 0 radical (unpaired) electrons. The Morgan fingerprint density at radius 3 is 2.57 bits per heavy atom. The van der Waals surface area contributed by atoms with Gasteiger partial charge in [-0.25, -0.2) is 4.79 Å². The number of allylic oxidation sites excluding steroid dienone is 1. The largest absolute Gasteiger partial charge is 0.468 e. The summed E-state index contributed by atoms with van der Waals surface area (Å²) in [5, 5.41) is 0. The molecule has 0 saturated heterocycles. The van der Waals surface area contributed by atoms with Crippen LogP contribution in [-0.2, 0) is 19.1 Å². The Hall–Kier alpha value is -2.43. The van der Waals surface area contributed by atoms with E-state index in [2.05, 4.69) is 6.92 Å². The number of methoxy groups -OCH3 is 1. The molecule has 1 aliphatic rings. The molecule has 1 aliphatic carbocycles. The second kappa shape index (κ2) is 12.3. The van der Waals surface area contributed by atoms with Crippen molar-refractivity contribution in [3.63, 3.8) is 0 Å². The smallest absolute Gasteiger partial charge is 0.338 e. The maximum atomic E-state index is 12.5. The van der Waals surface area contributed by atoms with E-state index in [9.17, 15) is 14.4 Å². The number of rotatable bonds is 11.